The molecule has 1 aromatic heterocycles. The zero-order valence-electron chi connectivity index (χ0n) is 9.49. The highest BCUT2D eigenvalue weighted by atomic mass is 16.3. The van der Waals surface area contributed by atoms with E-state index in [2.05, 4.69) is 35.9 Å². The molecule has 0 spiro atoms. The fourth-order valence-electron chi connectivity index (χ4n) is 1.86. The van der Waals surface area contributed by atoms with Gasteiger partial charge in [-0.2, -0.15) is 0 Å². The maximum Gasteiger partial charge on any atom is 0.0840 e. The van der Waals surface area contributed by atoms with Crippen LogP contribution in [0.3, 0.4) is 0 Å². The molecule has 0 aliphatic heterocycles. The largest absolute Gasteiger partial charge is 0.386 e. The number of nitrogens with zero attached hydrogens (tertiary/aromatic N) is 1. The zero-order valence-corrected chi connectivity index (χ0v) is 9.49. The Morgan fingerprint density at radius 3 is 2.60 bits per heavy atom. The first-order chi connectivity index (χ1) is 7.02. The third-order valence-corrected chi connectivity index (χ3v) is 2.82. The number of benzene rings is 1. The molecule has 0 saturated carbocycles. The molecule has 1 heterocycles. The normalized spacial score (nSPS) is 12.3. The quantitative estimate of drug-likeness (QED) is 0.797. The van der Waals surface area contributed by atoms with E-state index in [0.717, 1.165) is 12.1 Å². The van der Waals surface area contributed by atoms with Crippen LogP contribution in [0.15, 0.2) is 30.5 Å². The lowest BCUT2D eigenvalue weighted by molar-refractivity contribution is 0.0787. The molecule has 0 bridgehead atoms. The van der Waals surface area contributed by atoms with Crippen molar-refractivity contribution in [3.8, 4) is 0 Å². The molecule has 1 aromatic carbocycles. The van der Waals surface area contributed by atoms with Crippen LogP contribution in [0.4, 0.5) is 0 Å². The molecular weight excluding hydrogens is 186 g/mol. The van der Waals surface area contributed by atoms with E-state index in [-0.39, 0.29) is 0 Å². The number of aryl methyl sites for hydroxylation is 1. The van der Waals surface area contributed by atoms with Gasteiger partial charge < -0.3 is 9.67 Å². The second kappa shape index (κ2) is 3.38. The SMILES string of the molecule is CCn1ccc2cc(C(C)(C)O)ccc21. The molecule has 0 fully saturated rings. The highest BCUT2D eigenvalue weighted by Crippen LogP contribution is 2.24. The first kappa shape index (κ1) is 10.2. The summed E-state index contributed by atoms with van der Waals surface area (Å²) in [6, 6.07) is 8.22. The Kier molecular flexibility index (Phi) is 2.31. The van der Waals surface area contributed by atoms with Crippen LogP contribution in [0.2, 0.25) is 0 Å². The minimum atomic E-state index is -0.761. The molecule has 2 aromatic rings. The number of rotatable bonds is 2. The predicted molar refractivity (Wildman–Crippen MR) is 62.9 cm³/mol. The van der Waals surface area contributed by atoms with Gasteiger partial charge in [0, 0.05) is 18.3 Å². The van der Waals surface area contributed by atoms with Gasteiger partial charge in [0.1, 0.15) is 0 Å². The molecule has 2 rings (SSSR count). The molecule has 0 saturated heterocycles. The molecule has 0 atom stereocenters. The Labute approximate surface area is 90.2 Å². The molecule has 2 heteroatoms. The van der Waals surface area contributed by atoms with E-state index in [1.54, 1.807) is 0 Å². The first-order valence-corrected chi connectivity index (χ1v) is 5.34. The molecule has 15 heavy (non-hydrogen) atoms. The van der Waals surface area contributed by atoms with E-state index in [9.17, 15) is 5.11 Å². The number of fused-ring (bicyclic) bond motifs is 1. The molecule has 0 amide bonds. The minimum Gasteiger partial charge on any atom is -0.386 e. The highest BCUT2D eigenvalue weighted by molar-refractivity contribution is 5.81. The van der Waals surface area contributed by atoms with Gasteiger partial charge in [-0.05, 0) is 49.9 Å². The van der Waals surface area contributed by atoms with Crippen molar-refractivity contribution < 1.29 is 5.11 Å². The molecule has 0 unspecified atom stereocenters. The Hall–Kier alpha value is -1.28. The summed E-state index contributed by atoms with van der Waals surface area (Å²) in [6.07, 6.45) is 2.08. The second-order valence-electron chi connectivity index (χ2n) is 4.43. The van der Waals surface area contributed by atoms with Gasteiger partial charge in [-0.3, -0.25) is 0 Å². The van der Waals surface area contributed by atoms with E-state index < -0.39 is 5.60 Å². The van der Waals surface area contributed by atoms with Crippen LogP contribution < -0.4 is 0 Å². The van der Waals surface area contributed by atoms with Gasteiger partial charge in [-0.25, -0.2) is 0 Å². The van der Waals surface area contributed by atoms with Crippen LogP contribution >= 0.6 is 0 Å². The van der Waals surface area contributed by atoms with E-state index in [4.69, 9.17) is 0 Å². The summed E-state index contributed by atoms with van der Waals surface area (Å²) in [6.45, 7) is 6.73. The van der Waals surface area contributed by atoms with E-state index in [1.165, 1.54) is 10.9 Å². The second-order valence-corrected chi connectivity index (χ2v) is 4.43. The monoisotopic (exact) mass is 203 g/mol. The van der Waals surface area contributed by atoms with Crippen molar-refractivity contribution >= 4 is 10.9 Å². The van der Waals surface area contributed by atoms with E-state index in [0.29, 0.717) is 0 Å². The first-order valence-electron chi connectivity index (χ1n) is 5.34. The van der Waals surface area contributed by atoms with Crippen molar-refractivity contribution in [1.29, 1.82) is 0 Å². The molecule has 0 radical (unpaired) electrons. The standard InChI is InChI=1S/C13H17NO/c1-4-14-8-7-10-9-11(13(2,3)15)5-6-12(10)14/h5-9,15H,4H2,1-3H3. The van der Waals surface area contributed by atoms with Crippen molar-refractivity contribution in [2.24, 2.45) is 0 Å². The Bertz CT molecular complexity index is 477. The van der Waals surface area contributed by atoms with Crippen molar-refractivity contribution in [2.45, 2.75) is 32.9 Å². The number of hydrogen-bond donors (Lipinski definition) is 1. The summed E-state index contributed by atoms with van der Waals surface area (Å²) in [4.78, 5) is 0. The van der Waals surface area contributed by atoms with E-state index in [1.807, 2.05) is 19.9 Å². The van der Waals surface area contributed by atoms with Crippen LogP contribution in [0.25, 0.3) is 10.9 Å². The van der Waals surface area contributed by atoms with Crippen molar-refractivity contribution in [3.05, 3.63) is 36.0 Å². The number of aliphatic hydroxyl groups is 1. The summed E-state index contributed by atoms with van der Waals surface area (Å²) in [5, 5.41) is 11.1. The molecule has 0 aliphatic carbocycles. The smallest absolute Gasteiger partial charge is 0.0840 e. The number of hydrogen-bond acceptors (Lipinski definition) is 1. The topological polar surface area (TPSA) is 25.2 Å². The van der Waals surface area contributed by atoms with Crippen molar-refractivity contribution in [2.75, 3.05) is 0 Å². The van der Waals surface area contributed by atoms with Gasteiger partial charge in [0.2, 0.25) is 0 Å². The summed E-state index contributed by atoms with van der Waals surface area (Å²) in [7, 11) is 0. The summed E-state index contributed by atoms with van der Waals surface area (Å²) in [5.41, 5.74) is 1.43. The molecule has 80 valence electrons. The molecule has 0 aliphatic rings. The third-order valence-electron chi connectivity index (χ3n) is 2.82. The Balaban J connectivity index is 2.58. The Morgan fingerprint density at radius 2 is 2.00 bits per heavy atom. The fraction of sp³-hybridized carbons (Fsp3) is 0.385. The Morgan fingerprint density at radius 1 is 1.27 bits per heavy atom. The van der Waals surface area contributed by atoms with Crippen molar-refractivity contribution in [1.82, 2.24) is 4.57 Å². The average molecular weight is 203 g/mol. The lowest BCUT2D eigenvalue weighted by Crippen LogP contribution is -2.15. The predicted octanol–water partition coefficient (Wildman–Crippen LogP) is 2.89. The maximum atomic E-state index is 9.91. The zero-order chi connectivity index (χ0) is 11.1. The van der Waals surface area contributed by atoms with Crippen molar-refractivity contribution in [3.63, 3.8) is 0 Å². The summed E-state index contributed by atoms with van der Waals surface area (Å²) in [5.74, 6) is 0. The van der Waals surface area contributed by atoms with Crippen LogP contribution in [-0.4, -0.2) is 9.67 Å². The van der Waals surface area contributed by atoms with E-state index >= 15 is 0 Å². The minimum absolute atomic E-state index is 0.761. The van der Waals surface area contributed by atoms with Gasteiger partial charge in [0.15, 0.2) is 0 Å². The van der Waals surface area contributed by atoms with Crippen LogP contribution in [-0.2, 0) is 12.1 Å². The lowest BCUT2D eigenvalue weighted by atomic mass is 9.97. The fourth-order valence-corrected chi connectivity index (χ4v) is 1.86. The highest BCUT2D eigenvalue weighted by Gasteiger charge is 2.16. The molecule has 2 nitrogen and oxygen atoms in total. The molecule has 1 N–H and O–H groups in total. The van der Waals surface area contributed by atoms with Crippen LogP contribution in [0, 0.1) is 0 Å². The van der Waals surface area contributed by atoms with Gasteiger partial charge >= 0.3 is 0 Å². The third kappa shape index (κ3) is 1.77. The van der Waals surface area contributed by atoms with Crippen LogP contribution in [0.1, 0.15) is 26.3 Å². The van der Waals surface area contributed by atoms with Gasteiger partial charge in [-0.15, -0.1) is 0 Å². The summed E-state index contributed by atoms with van der Waals surface area (Å²) >= 11 is 0. The lowest BCUT2D eigenvalue weighted by Gasteiger charge is -2.17. The van der Waals surface area contributed by atoms with Gasteiger partial charge in [0.25, 0.3) is 0 Å². The number of aromatic nitrogens is 1. The maximum absolute atomic E-state index is 9.91. The van der Waals surface area contributed by atoms with Crippen LogP contribution in [0.5, 0.6) is 0 Å². The summed E-state index contributed by atoms with van der Waals surface area (Å²) < 4.78 is 2.20. The van der Waals surface area contributed by atoms with Gasteiger partial charge in [0.05, 0.1) is 5.60 Å². The average Bonchev–Trinajstić information content (AvgIpc) is 2.58. The van der Waals surface area contributed by atoms with Gasteiger partial charge in [-0.1, -0.05) is 6.07 Å². The molecular formula is C13H17NO.